The molecule has 1 N–H and O–H groups in total. The Labute approximate surface area is 198 Å². The molecule has 2 amide bonds. The molecular weight excluding hydrogens is 432 g/mol. The average Bonchev–Trinajstić information content (AvgIpc) is 3.40. The van der Waals surface area contributed by atoms with E-state index in [4.69, 9.17) is 9.57 Å². The van der Waals surface area contributed by atoms with Gasteiger partial charge in [0.2, 0.25) is 5.91 Å². The number of hydrogen-bond donors (Lipinski definition) is 1. The van der Waals surface area contributed by atoms with Gasteiger partial charge in [0.25, 0.3) is 0 Å². The van der Waals surface area contributed by atoms with Gasteiger partial charge in [-0.1, -0.05) is 60.7 Å². The molecule has 7 nitrogen and oxygen atoms in total. The van der Waals surface area contributed by atoms with Gasteiger partial charge in [-0.3, -0.25) is 9.63 Å². The number of hydroxylamine groups is 1. The molecule has 0 aliphatic carbocycles. The lowest BCUT2D eigenvalue weighted by atomic mass is 9.88. The van der Waals surface area contributed by atoms with E-state index < -0.39 is 30.2 Å². The first-order chi connectivity index (χ1) is 16.5. The van der Waals surface area contributed by atoms with E-state index in [1.165, 1.54) is 4.90 Å². The number of phenols is 1. The van der Waals surface area contributed by atoms with Gasteiger partial charge in [0.05, 0.1) is 29.8 Å². The normalized spacial score (nSPS) is 24.3. The fourth-order valence-corrected chi connectivity index (χ4v) is 4.78. The van der Waals surface area contributed by atoms with Gasteiger partial charge < -0.3 is 9.84 Å². The van der Waals surface area contributed by atoms with Crippen molar-refractivity contribution in [2.45, 2.75) is 31.5 Å². The van der Waals surface area contributed by atoms with Crippen molar-refractivity contribution in [3.63, 3.8) is 0 Å². The van der Waals surface area contributed by atoms with Crippen LogP contribution in [0.25, 0.3) is 0 Å². The van der Waals surface area contributed by atoms with Crippen molar-refractivity contribution < 1.29 is 24.3 Å². The fraction of sp³-hybridized carbons (Fsp3) is 0.259. The lowest BCUT2D eigenvalue weighted by Crippen LogP contribution is -2.46. The van der Waals surface area contributed by atoms with Crippen LogP contribution in [0.5, 0.6) is 5.75 Å². The summed E-state index contributed by atoms with van der Waals surface area (Å²) in [4.78, 5) is 34.1. The van der Waals surface area contributed by atoms with E-state index >= 15 is 0 Å². The third-order valence-corrected chi connectivity index (χ3v) is 6.42. The Hall–Kier alpha value is -3.84. The number of amides is 2. The second-order valence-electron chi connectivity index (χ2n) is 8.66. The van der Waals surface area contributed by atoms with Gasteiger partial charge in [-0.25, -0.2) is 14.8 Å². The SMILES string of the molecule is C[C@@H]1ON(c2ccccc2)[C@H](c2ccccc2)[C@H]1C(=O)N1C(=O)OC[C@@H]1Cc1ccc(O)cc1. The first kappa shape index (κ1) is 22.0. The highest BCUT2D eigenvalue weighted by molar-refractivity contribution is 5.96. The Balaban J connectivity index is 1.47. The van der Waals surface area contributed by atoms with Crippen LogP contribution in [0.4, 0.5) is 10.5 Å². The number of cyclic esters (lactones) is 1. The molecule has 2 aliphatic rings. The number of phenolic OH excluding ortho intramolecular Hbond substituents is 1. The topological polar surface area (TPSA) is 79.3 Å². The van der Waals surface area contributed by atoms with E-state index in [-0.39, 0.29) is 18.3 Å². The molecule has 0 saturated carbocycles. The molecule has 2 saturated heterocycles. The molecule has 0 spiro atoms. The monoisotopic (exact) mass is 458 g/mol. The largest absolute Gasteiger partial charge is 0.508 e. The highest BCUT2D eigenvalue weighted by Crippen LogP contribution is 2.43. The number of carbonyl (C=O) groups excluding carboxylic acids is 2. The molecule has 0 unspecified atom stereocenters. The zero-order valence-corrected chi connectivity index (χ0v) is 18.8. The van der Waals surface area contributed by atoms with Gasteiger partial charge in [0.15, 0.2) is 0 Å². The number of hydrogen-bond acceptors (Lipinski definition) is 6. The first-order valence-electron chi connectivity index (χ1n) is 11.4. The Kier molecular flexibility index (Phi) is 5.94. The molecule has 3 aromatic carbocycles. The second-order valence-corrected chi connectivity index (χ2v) is 8.66. The van der Waals surface area contributed by atoms with Gasteiger partial charge in [0.1, 0.15) is 12.4 Å². The molecule has 7 heteroatoms. The molecule has 0 radical (unpaired) electrons. The molecule has 0 bridgehead atoms. The Bertz CT molecular complexity index is 1150. The van der Waals surface area contributed by atoms with E-state index in [1.54, 1.807) is 29.3 Å². The van der Waals surface area contributed by atoms with Crippen LogP contribution in [0.1, 0.15) is 24.1 Å². The smallest absolute Gasteiger partial charge is 0.416 e. The van der Waals surface area contributed by atoms with Crippen molar-refractivity contribution in [2.24, 2.45) is 5.92 Å². The molecule has 2 fully saturated rings. The van der Waals surface area contributed by atoms with Crippen LogP contribution in [0, 0.1) is 5.92 Å². The highest BCUT2D eigenvalue weighted by atomic mass is 16.7. The summed E-state index contributed by atoms with van der Waals surface area (Å²) in [6.45, 7) is 1.99. The third kappa shape index (κ3) is 4.10. The minimum atomic E-state index is -0.633. The molecule has 2 heterocycles. The lowest BCUT2D eigenvalue weighted by Gasteiger charge is -2.29. The highest BCUT2D eigenvalue weighted by Gasteiger charge is 2.51. The lowest BCUT2D eigenvalue weighted by molar-refractivity contribution is -0.135. The van der Waals surface area contributed by atoms with Crippen LogP contribution in [0.15, 0.2) is 84.9 Å². The Morgan fingerprint density at radius 3 is 2.29 bits per heavy atom. The average molecular weight is 459 g/mol. The standard InChI is InChI=1S/C27H26N2O5/c1-18-24(25(20-8-4-2-5-9-20)29(34-18)21-10-6-3-7-11-21)26(31)28-22(17-33-27(28)32)16-19-12-14-23(30)15-13-19/h2-15,18,22,24-25,30H,16-17H2,1H3/t18-,22-,24-,25+/m0/s1. The zero-order chi connectivity index (χ0) is 23.7. The number of imide groups is 1. The number of anilines is 1. The number of nitrogens with zero attached hydrogens (tertiary/aromatic N) is 2. The maximum absolute atomic E-state index is 14.0. The summed E-state index contributed by atoms with van der Waals surface area (Å²) in [6, 6.07) is 25.3. The molecular formula is C27H26N2O5. The molecule has 4 atom stereocenters. The van der Waals surface area contributed by atoms with Crippen molar-refractivity contribution in [3.8, 4) is 5.75 Å². The number of aromatic hydroxyl groups is 1. The number of carbonyl (C=O) groups is 2. The molecule has 174 valence electrons. The summed E-state index contributed by atoms with van der Waals surface area (Å²) in [5.74, 6) is -0.763. The third-order valence-electron chi connectivity index (χ3n) is 6.42. The second kappa shape index (κ2) is 9.19. The van der Waals surface area contributed by atoms with Crippen LogP contribution in [-0.4, -0.2) is 40.8 Å². The Morgan fingerprint density at radius 1 is 0.971 bits per heavy atom. The summed E-state index contributed by atoms with van der Waals surface area (Å²) >= 11 is 0. The van der Waals surface area contributed by atoms with Crippen molar-refractivity contribution in [1.82, 2.24) is 4.90 Å². The number of rotatable bonds is 5. The molecule has 34 heavy (non-hydrogen) atoms. The molecule has 2 aliphatic heterocycles. The summed E-state index contributed by atoms with van der Waals surface area (Å²) in [6.07, 6.45) is -0.649. The maximum atomic E-state index is 14.0. The quantitative estimate of drug-likeness (QED) is 0.607. The van der Waals surface area contributed by atoms with Crippen LogP contribution in [-0.2, 0) is 20.8 Å². The van der Waals surface area contributed by atoms with E-state index in [1.807, 2.05) is 67.6 Å². The van der Waals surface area contributed by atoms with Crippen LogP contribution < -0.4 is 5.06 Å². The van der Waals surface area contributed by atoms with E-state index in [0.29, 0.717) is 6.42 Å². The van der Waals surface area contributed by atoms with Gasteiger partial charge in [-0.05, 0) is 48.7 Å². The summed E-state index contributed by atoms with van der Waals surface area (Å²) in [5, 5.41) is 11.3. The van der Waals surface area contributed by atoms with Gasteiger partial charge in [-0.15, -0.1) is 0 Å². The maximum Gasteiger partial charge on any atom is 0.416 e. The van der Waals surface area contributed by atoms with Crippen molar-refractivity contribution in [3.05, 3.63) is 96.1 Å². The first-order valence-corrected chi connectivity index (χ1v) is 11.4. The van der Waals surface area contributed by atoms with Crippen molar-refractivity contribution in [2.75, 3.05) is 11.7 Å². The van der Waals surface area contributed by atoms with Gasteiger partial charge in [0, 0.05) is 0 Å². The van der Waals surface area contributed by atoms with Crippen molar-refractivity contribution >= 4 is 17.7 Å². The predicted octanol–water partition coefficient (Wildman–Crippen LogP) is 4.48. The van der Waals surface area contributed by atoms with E-state index in [0.717, 1.165) is 16.8 Å². The van der Waals surface area contributed by atoms with Crippen LogP contribution in [0.2, 0.25) is 0 Å². The zero-order valence-electron chi connectivity index (χ0n) is 18.8. The van der Waals surface area contributed by atoms with Crippen LogP contribution in [0.3, 0.4) is 0 Å². The van der Waals surface area contributed by atoms with Crippen molar-refractivity contribution in [1.29, 1.82) is 0 Å². The minimum absolute atomic E-state index is 0.131. The number of benzene rings is 3. The number of para-hydroxylation sites is 1. The Morgan fingerprint density at radius 2 is 1.62 bits per heavy atom. The summed E-state index contributed by atoms with van der Waals surface area (Å²) in [5.41, 5.74) is 2.67. The van der Waals surface area contributed by atoms with Crippen LogP contribution >= 0.6 is 0 Å². The summed E-state index contributed by atoms with van der Waals surface area (Å²) < 4.78 is 5.30. The van der Waals surface area contributed by atoms with E-state index in [9.17, 15) is 14.7 Å². The summed E-state index contributed by atoms with van der Waals surface area (Å²) in [7, 11) is 0. The molecule has 0 aromatic heterocycles. The number of ether oxygens (including phenoxy) is 1. The minimum Gasteiger partial charge on any atom is -0.508 e. The van der Waals surface area contributed by atoms with Gasteiger partial charge in [-0.2, -0.15) is 0 Å². The molecule has 3 aromatic rings. The fourth-order valence-electron chi connectivity index (χ4n) is 4.78. The predicted molar refractivity (Wildman–Crippen MR) is 126 cm³/mol. The molecule has 5 rings (SSSR count). The van der Waals surface area contributed by atoms with Gasteiger partial charge >= 0.3 is 6.09 Å². The van der Waals surface area contributed by atoms with E-state index in [2.05, 4.69) is 0 Å².